The van der Waals surface area contributed by atoms with E-state index in [1.54, 1.807) is 27.7 Å². The average Bonchev–Trinajstić information content (AvgIpc) is 3.07. The Morgan fingerprint density at radius 3 is 1.45 bits per heavy atom. The van der Waals surface area contributed by atoms with Gasteiger partial charge in [0.2, 0.25) is 0 Å². The van der Waals surface area contributed by atoms with Crippen LogP contribution >= 0.6 is 11.6 Å². The van der Waals surface area contributed by atoms with E-state index >= 15 is 0 Å². The summed E-state index contributed by atoms with van der Waals surface area (Å²) in [5.74, 6) is -1.25. The number of ether oxygens (including phenoxy) is 3. The maximum absolute atomic E-state index is 11.7. The van der Waals surface area contributed by atoms with Crippen molar-refractivity contribution in [2.75, 3.05) is 25.7 Å². The van der Waals surface area contributed by atoms with Gasteiger partial charge in [0.1, 0.15) is 28.7 Å². The van der Waals surface area contributed by atoms with Gasteiger partial charge < -0.3 is 34.6 Å². The number of esters is 2. The van der Waals surface area contributed by atoms with E-state index in [-0.39, 0.29) is 113 Å². The SMILES string of the molecule is CC(C)(C)[O-].CCS(=O)(=O)c1ccc(Cl)cn1.CCS(=O)(=O)c1ccc(Oc2cc(O)cc(C(=O)OC)c2)cn1.COC(=O)c1cc(O)cc(O)c1.[K+]. The summed E-state index contributed by atoms with van der Waals surface area (Å²) in [6.07, 6.45) is 2.58. The number of sulfone groups is 2. The monoisotopic (exact) mass is 822 g/mol. The summed E-state index contributed by atoms with van der Waals surface area (Å²) in [4.78, 5) is 29.9. The predicted octanol–water partition coefficient (Wildman–Crippen LogP) is 1.72. The number of rotatable bonds is 8. The third-order valence-electron chi connectivity index (χ3n) is 5.68. The fraction of sp³-hybridized carbons (Fsp3) is 0.294. The number of phenols is 3. The van der Waals surface area contributed by atoms with Crippen molar-refractivity contribution in [1.82, 2.24) is 9.97 Å². The van der Waals surface area contributed by atoms with Crippen molar-refractivity contribution < 1.29 is 112 Å². The Labute approximate surface area is 356 Å². The molecule has 15 nitrogen and oxygen atoms in total. The van der Waals surface area contributed by atoms with Gasteiger partial charge in [-0.15, -0.1) is 5.60 Å². The number of phenolic OH excluding ortho intramolecular Hbond substituents is 3. The zero-order chi connectivity index (χ0) is 39.9. The number of aromatic nitrogens is 2. The van der Waals surface area contributed by atoms with Crippen molar-refractivity contribution in [2.24, 2.45) is 0 Å². The molecule has 3 N–H and O–H groups in total. The molecule has 2 heterocycles. The van der Waals surface area contributed by atoms with E-state index in [9.17, 15) is 36.6 Å². The number of halogens is 1. The Balaban J connectivity index is 0.000000764. The normalized spacial score (nSPS) is 10.7. The van der Waals surface area contributed by atoms with Crippen LogP contribution in [0.25, 0.3) is 0 Å². The molecule has 2 aromatic heterocycles. The molecule has 0 saturated heterocycles. The van der Waals surface area contributed by atoms with Gasteiger partial charge >= 0.3 is 63.3 Å². The molecule has 4 aromatic rings. The predicted molar refractivity (Wildman–Crippen MR) is 189 cm³/mol. The quantitative estimate of drug-likeness (QED) is 0.169. The molecule has 284 valence electrons. The Morgan fingerprint density at radius 2 is 1.09 bits per heavy atom. The van der Waals surface area contributed by atoms with Crippen molar-refractivity contribution in [2.45, 2.75) is 50.3 Å². The minimum absolute atomic E-state index is 0. The van der Waals surface area contributed by atoms with Gasteiger partial charge in [0.15, 0.2) is 29.7 Å². The molecule has 0 aliphatic heterocycles. The molecular formula is C34H40ClKN2O13S2. The average molecular weight is 823 g/mol. The van der Waals surface area contributed by atoms with Gasteiger partial charge in [-0.25, -0.2) is 36.4 Å². The van der Waals surface area contributed by atoms with Gasteiger partial charge in [0, 0.05) is 18.3 Å². The van der Waals surface area contributed by atoms with Crippen LogP contribution in [0.2, 0.25) is 5.02 Å². The molecule has 53 heavy (non-hydrogen) atoms. The second-order valence-electron chi connectivity index (χ2n) is 11.1. The first-order valence-electron chi connectivity index (χ1n) is 15.0. The smallest absolute Gasteiger partial charge is 0.850 e. The summed E-state index contributed by atoms with van der Waals surface area (Å²) in [5.41, 5.74) is -0.504. The molecule has 0 radical (unpaired) electrons. The van der Waals surface area contributed by atoms with E-state index < -0.39 is 37.2 Å². The van der Waals surface area contributed by atoms with Gasteiger partial charge in [0.25, 0.3) is 0 Å². The zero-order valence-corrected chi connectivity index (χ0v) is 35.9. The minimum atomic E-state index is -3.38. The van der Waals surface area contributed by atoms with Gasteiger partial charge in [-0.3, -0.25) is 0 Å². The second kappa shape index (κ2) is 22.8. The number of hydrogen-bond acceptors (Lipinski definition) is 15. The van der Waals surface area contributed by atoms with Gasteiger partial charge in [-0.1, -0.05) is 46.2 Å². The molecule has 0 spiro atoms. The number of nitrogens with zero attached hydrogens (tertiary/aromatic N) is 2. The Bertz CT molecular complexity index is 1980. The van der Waals surface area contributed by atoms with Crippen LogP contribution in [-0.4, -0.2) is 85.4 Å². The van der Waals surface area contributed by atoms with E-state index in [2.05, 4.69) is 19.4 Å². The fourth-order valence-corrected chi connectivity index (χ4v) is 4.98. The number of benzene rings is 2. The maximum atomic E-state index is 11.7. The van der Waals surface area contributed by atoms with Gasteiger partial charge in [-0.05, 0) is 48.5 Å². The third kappa shape index (κ3) is 19.0. The van der Waals surface area contributed by atoms with Gasteiger partial charge in [0.05, 0.1) is 48.1 Å². The molecule has 0 saturated carbocycles. The summed E-state index contributed by atoms with van der Waals surface area (Å²) < 4.78 is 60.2. The van der Waals surface area contributed by atoms with E-state index in [1.807, 2.05) is 0 Å². The number of carbonyl (C=O) groups excluding carboxylic acids is 2. The number of methoxy groups -OCH3 is 2. The molecule has 19 heteroatoms. The van der Waals surface area contributed by atoms with Crippen molar-refractivity contribution >= 4 is 43.2 Å². The third-order valence-corrected chi connectivity index (χ3v) is 9.18. The van der Waals surface area contributed by atoms with E-state index in [1.165, 1.54) is 88.1 Å². The molecule has 0 aliphatic carbocycles. The molecule has 0 bridgehead atoms. The van der Waals surface area contributed by atoms with E-state index in [0.717, 1.165) is 6.07 Å². The molecule has 0 unspecified atom stereocenters. The van der Waals surface area contributed by atoms with E-state index in [0.29, 0.717) is 5.02 Å². The number of aromatic hydroxyl groups is 3. The first-order chi connectivity index (χ1) is 24.0. The first-order valence-corrected chi connectivity index (χ1v) is 18.7. The number of pyridine rings is 2. The second-order valence-corrected chi connectivity index (χ2v) is 16.0. The molecule has 0 atom stereocenters. The Kier molecular flexibility index (Phi) is 21.3. The van der Waals surface area contributed by atoms with Crippen LogP contribution in [0, 0.1) is 0 Å². The topological polar surface area (TPSA) is 240 Å². The van der Waals surface area contributed by atoms with Crippen molar-refractivity contribution in [3.05, 3.63) is 89.2 Å². The van der Waals surface area contributed by atoms with Crippen LogP contribution < -0.4 is 61.2 Å². The summed E-state index contributed by atoms with van der Waals surface area (Å²) >= 11 is 5.55. The van der Waals surface area contributed by atoms with Crippen LogP contribution in [0.5, 0.6) is 28.7 Å². The standard InChI is InChI=1S/C15H15NO6S.C8H8O4.C7H8ClNO2S.C4H9O.K/c1-3-23(19,20)14-5-4-12(9-16-14)22-13-7-10(15(18)21-2)6-11(17)8-13;1-12-8(11)5-2-6(9)4-7(10)3-5;1-2-12(10,11)7-4-3-6(8)5-9-7;1-4(2,3)5;/h4-9,17H,3H2,1-2H3;2-4,9-10H,1H3;3-5H,2H2,1H3;1-3H3;/q;;;-1;+1. The molecule has 2 aromatic carbocycles. The Morgan fingerprint density at radius 1 is 0.698 bits per heavy atom. The first kappa shape index (κ1) is 49.7. The number of hydrogen-bond donors (Lipinski definition) is 3. The molecule has 0 fully saturated rings. The van der Waals surface area contributed by atoms with Crippen LogP contribution in [0.1, 0.15) is 55.3 Å². The summed E-state index contributed by atoms with van der Waals surface area (Å²) in [5, 5.41) is 38.1. The molecule has 0 amide bonds. The fourth-order valence-electron chi connectivity index (χ4n) is 3.30. The van der Waals surface area contributed by atoms with Crippen LogP contribution in [0.4, 0.5) is 0 Å². The zero-order valence-electron chi connectivity index (χ0n) is 30.4. The maximum Gasteiger partial charge on any atom is 1.00 e. The minimum Gasteiger partial charge on any atom is -0.850 e. The van der Waals surface area contributed by atoms with Crippen molar-refractivity contribution in [1.29, 1.82) is 0 Å². The largest absolute Gasteiger partial charge is 1.00 e. The van der Waals surface area contributed by atoms with Crippen molar-refractivity contribution in [3.63, 3.8) is 0 Å². The summed E-state index contributed by atoms with van der Waals surface area (Å²) in [6.45, 7) is 8.00. The number of carbonyl (C=O) groups is 2. The van der Waals surface area contributed by atoms with Crippen LogP contribution in [0.15, 0.2) is 83.1 Å². The van der Waals surface area contributed by atoms with Crippen molar-refractivity contribution in [3.8, 4) is 28.7 Å². The summed E-state index contributed by atoms with van der Waals surface area (Å²) in [7, 11) is -4.12. The molecule has 4 rings (SSSR count). The van der Waals surface area contributed by atoms with Crippen LogP contribution in [-0.2, 0) is 29.1 Å². The summed E-state index contributed by atoms with van der Waals surface area (Å²) in [6, 6.07) is 13.2. The van der Waals surface area contributed by atoms with E-state index in [4.69, 9.17) is 26.6 Å². The Hall–Kier alpha value is -3.33. The van der Waals surface area contributed by atoms with Gasteiger partial charge in [-0.2, -0.15) is 0 Å². The molecule has 0 aliphatic rings. The molecular weight excluding hydrogens is 783 g/mol. The van der Waals surface area contributed by atoms with Crippen LogP contribution in [0.3, 0.4) is 0 Å².